The summed E-state index contributed by atoms with van der Waals surface area (Å²) in [6.07, 6.45) is 0.603. The van der Waals surface area contributed by atoms with E-state index < -0.39 is 18.0 Å². The summed E-state index contributed by atoms with van der Waals surface area (Å²) in [4.78, 5) is 25.0. The third kappa shape index (κ3) is 4.51. The molecular formula is C22H24N2O5. The van der Waals surface area contributed by atoms with Gasteiger partial charge < -0.3 is 24.8 Å². The minimum Gasteiger partial charge on any atom is -0.493 e. The molecule has 7 heteroatoms. The first-order valence-corrected chi connectivity index (χ1v) is 9.25. The largest absolute Gasteiger partial charge is 0.493 e. The monoisotopic (exact) mass is 396 g/mol. The van der Waals surface area contributed by atoms with E-state index in [1.54, 1.807) is 25.1 Å². The van der Waals surface area contributed by atoms with Gasteiger partial charge in [0.15, 0.2) is 11.5 Å². The number of nitrogens with one attached hydrogen (secondary N) is 2. The van der Waals surface area contributed by atoms with Crippen molar-refractivity contribution < 1.29 is 23.8 Å². The molecule has 3 rings (SSSR count). The lowest BCUT2D eigenvalue weighted by atomic mass is 9.94. The van der Waals surface area contributed by atoms with Crippen LogP contribution < -0.4 is 20.1 Å². The Bertz CT molecular complexity index is 924. The minimum absolute atomic E-state index is 0.232. The van der Waals surface area contributed by atoms with Gasteiger partial charge in [0.2, 0.25) is 0 Å². The molecule has 2 aromatic rings. The molecule has 1 aliphatic heterocycles. The van der Waals surface area contributed by atoms with Crippen LogP contribution in [0.25, 0.3) is 0 Å². The maximum atomic E-state index is 12.9. The zero-order valence-corrected chi connectivity index (χ0v) is 16.7. The highest BCUT2D eigenvalue weighted by molar-refractivity contribution is 5.95. The van der Waals surface area contributed by atoms with Crippen molar-refractivity contribution in [3.05, 3.63) is 70.9 Å². The first-order valence-electron chi connectivity index (χ1n) is 9.25. The fourth-order valence-corrected chi connectivity index (χ4v) is 3.32. The Kier molecular flexibility index (Phi) is 6.39. The van der Waals surface area contributed by atoms with E-state index in [1.165, 1.54) is 14.2 Å². The van der Waals surface area contributed by atoms with Crippen molar-refractivity contribution in [1.29, 1.82) is 0 Å². The number of carbonyl (C=O) groups excluding carboxylic acids is 2. The molecule has 29 heavy (non-hydrogen) atoms. The third-order valence-electron chi connectivity index (χ3n) is 4.70. The van der Waals surface area contributed by atoms with Crippen LogP contribution in [0.5, 0.6) is 11.5 Å². The standard InChI is InChI=1S/C22H24N2O5/c1-14-18(21(25)29-13-12-15-8-5-4-6-9-15)19(24-22(26)23-14)16-10-7-11-17(27-2)20(16)28-3/h4-11,19H,12-13H2,1-3H3,(H2,23,24,26). The Hall–Kier alpha value is -3.48. The van der Waals surface area contributed by atoms with E-state index >= 15 is 0 Å². The van der Waals surface area contributed by atoms with E-state index in [2.05, 4.69) is 10.6 Å². The number of urea groups is 1. The molecule has 0 aliphatic carbocycles. The van der Waals surface area contributed by atoms with Crippen LogP contribution >= 0.6 is 0 Å². The molecule has 152 valence electrons. The highest BCUT2D eigenvalue weighted by Gasteiger charge is 2.34. The van der Waals surface area contributed by atoms with Crippen LogP contribution in [0, 0.1) is 0 Å². The number of hydrogen-bond acceptors (Lipinski definition) is 5. The Morgan fingerprint density at radius 3 is 2.48 bits per heavy atom. The highest BCUT2D eigenvalue weighted by atomic mass is 16.5. The second-order valence-electron chi connectivity index (χ2n) is 6.52. The van der Waals surface area contributed by atoms with Crippen molar-refractivity contribution in [1.82, 2.24) is 10.6 Å². The van der Waals surface area contributed by atoms with E-state index in [0.717, 1.165) is 5.56 Å². The van der Waals surface area contributed by atoms with Gasteiger partial charge in [-0.25, -0.2) is 9.59 Å². The van der Waals surface area contributed by atoms with Crippen molar-refractivity contribution in [2.24, 2.45) is 0 Å². The van der Waals surface area contributed by atoms with Gasteiger partial charge in [0.25, 0.3) is 0 Å². The number of amides is 2. The van der Waals surface area contributed by atoms with Crippen LogP contribution in [0.3, 0.4) is 0 Å². The average molecular weight is 396 g/mol. The van der Waals surface area contributed by atoms with Gasteiger partial charge in [0.1, 0.15) is 0 Å². The molecule has 0 saturated heterocycles. The molecule has 0 fully saturated rings. The molecule has 0 aromatic heterocycles. The number of methoxy groups -OCH3 is 2. The summed E-state index contributed by atoms with van der Waals surface area (Å²) in [5.74, 6) is 0.456. The fourth-order valence-electron chi connectivity index (χ4n) is 3.32. The molecule has 1 aliphatic rings. The second-order valence-corrected chi connectivity index (χ2v) is 6.52. The van der Waals surface area contributed by atoms with Gasteiger partial charge in [-0.3, -0.25) is 0 Å². The van der Waals surface area contributed by atoms with Crippen LogP contribution in [0.1, 0.15) is 24.1 Å². The highest BCUT2D eigenvalue weighted by Crippen LogP contribution is 2.39. The normalized spacial score (nSPS) is 16.0. The van der Waals surface area contributed by atoms with Crippen molar-refractivity contribution in [2.45, 2.75) is 19.4 Å². The van der Waals surface area contributed by atoms with E-state index in [4.69, 9.17) is 14.2 Å². The Balaban J connectivity index is 1.85. The van der Waals surface area contributed by atoms with Crippen LogP contribution in [-0.4, -0.2) is 32.8 Å². The summed E-state index contributed by atoms with van der Waals surface area (Å²) < 4.78 is 16.3. The lowest BCUT2D eigenvalue weighted by molar-refractivity contribution is -0.139. The average Bonchev–Trinajstić information content (AvgIpc) is 2.73. The number of carbonyl (C=O) groups is 2. The third-order valence-corrected chi connectivity index (χ3v) is 4.70. The van der Waals surface area contributed by atoms with Crippen molar-refractivity contribution in [2.75, 3.05) is 20.8 Å². The van der Waals surface area contributed by atoms with Gasteiger partial charge in [-0.2, -0.15) is 0 Å². The van der Waals surface area contributed by atoms with Crippen molar-refractivity contribution in [3.63, 3.8) is 0 Å². The molecule has 2 N–H and O–H groups in total. The molecule has 2 aromatic carbocycles. The molecule has 0 radical (unpaired) electrons. The predicted molar refractivity (Wildman–Crippen MR) is 108 cm³/mol. The number of benzene rings is 2. The topological polar surface area (TPSA) is 85.9 Å². The number of allylic oxidation sites excluding steroid dienone is 1. The second kappa shape index (κ2) is 9.14. The molecule has 0 bridgehead atoms. The lowest BCUT2D eigenvalue weighted by Crippen LogP contribution is -2.45. The summed E-state index contributed by atoms with van der Waals surface area (Å²) in [7, 11) is 3.04. The minimum atomic E-state index is -0.724. The van der Waals surface area contributed by atoms with Crippen LogP contribution in [0.4, 0.5) is 4.79 Å². The van der Waals surface area contributed by atoms with Crippen molar-refractivity contribution >= 4 is 12.0 Å². The first-order chi connectivity index (χ1) is 14.0. The van der Waals surface area contributed by atoms with Crippen LogP contribution in [0.2, 0.25) is 0 Å². The van der Waals surface area contributed by atoms with Gasteiger partial charge in [0.05, 0.1) is 32.4 Å². The number of esters is 1. The summed E-state index contributed by atoms with van der Waals surface area (Å²) in [5.41, 5.74) is 2.45. The molecule has 1 heterocycles. The Morgan fingerprint density at radius 1 is 1.03 bits per heavy atom. The molecule has 1 atom stereocenters. The summed E-state index contributed by atoms with van der Waals surface area (Å²) >= 11 is 0. The molecule has 2 amide bonds. The van der Waals surface area contributed by atoms with E-state index in [9.17, 15) is 9.59 Å². The summed E-state index contributed by atoms with van der Waals surface area (Å²) in [6.45, 7) is 1.90. The van der Waals surface area contributed by atoms with Gasteiger partial charge in [-0.1, -0.05) is 42.5 Å². The fraction of sp³-hybridized carbons (Fsp3) is 0.273. The van der Waals surface area contributed by atoms with Gasteiger partial charge in [-0.05, 0) is 18.6 Å². The number of hydrogen-bond donors (Lipinski definition) is 2. The number of ether oxygens (including phenoxy) is 3. The Labute approximate surface area is 169 Å². The number of rotatable bonds is 7. The van der Waals surface area contributed by atoms with Crippen LogP contribution in [-0.2, 0) is 16.0 Å². The Morgan fingerprint density at radius 2 is 1.79 bits per heavy atom. The zero-order valence-electron chi connectivity index (χ0n) is 16.7. The number of para-hydroxylation sites is 1. The van der Waals surface area contributed by atoms with E-state index in [0.29, 0.717) is 34.8 Å². The maximum absolute atomic E-state index is 12.9. The lowest BCUT2D eigenvalue weighted by Gasteiger charge is -2.29. The molecule has 0 saturated carbocycles. The molecule has 1 unspecified atom stereocenters. The summed E-state index contributed by atoms with van der Waals surface area (Å²) in [6, 6.07) is 13.9. The quantitative estimate of drug-likeness (QED) is 0.703. The predicted octanol–water partition coefficient (Wildman–Crippen LogP) is 3.12. The maximum Gasteiger partial charge on any atom is 0.338 e. The summed E-state index contributed by atoms with van der Waals surface area (Å²) in [5, 5.41) is 5.42. The molecule has 0 spiro atoms. The zero-order chi connectivity index (χ0) is 20.8. The van der Waals surface area contributed by atoms with Gasteiger partial charge in [-0.15, -0.1) is 0 Å². The van der Waals surface area contributed by atoms with Crippen molar-refractivity contribution in [3.8, 4) is 11.5 Å². The molecular weight excluding hydrogens is 372 g/mol. The van der Waals surface area contributed by atoms with E-state index in [1.807, 2.05) is 30.3 Å². The van der Waals surface area contributed by atoms with Crippen LogP contribution in [0.15, 0.2) is 59.8 Å². The smallest absolute Gasteiger partial charge is 0.338 e. The molecule has 7 nitrogen and oxygen atoms in total. The SMILES string of the molecule is COc1cccc(C2NC(=O)NC(C)=C2C(=O)OCCc2ccccc2)c1OC. The van der Waals surface area contributed by atoms with E-state index in [-0.39, 0.29) is 6.61 Å². The first kappa shape index (κ1) is 20.3. The van der Waals surface area contributed by atoms with Gasteiger partial charge >= 0.3 is 12.0 Å². The van der Waals surface area contributed by atoms with Gasteiger partial charge in [0, 0.05) is 17.7 Å².